The van der Waals surface area contributed by atoms with Crippen LogP contribution in [0.3, 0.4) is 0 Å². The predicted molar refractivity (Wildman–Crippen MR) is 80.4 cm³/mol. The molecule has 1 aliphatic rings. The van der Waals surface area contributed by atoms with Crippen molar-refractivity contribution >= 4 is 11.9 Å². The third-order valence-electron chi connectivity index (χ3n) is 3.56. The van der Waals surface area contributed by atoms with Gasteiger partial charge in [-0.25, -0.2) is 22.0 Å². The van der Waals surface area contributed by atoms with Crippen molar-refractivity contribution in [2.24, 2.45) is 0 Å². The van der Waals surface area contributed by atoms with Gasteiger partial charge in [0.15, 0.2) is 0 Å². The zero-order chi connectivity index (χ0) is 15.9. The monoisotopic (exact) mass is 592 g/mol. The van der Waals surface area contributed by atoms with Gasteiger partial charge >= 0.3 is 5.97 Å². The number of aliphatic hydroxyl groups excluding tert-OH is 1. The maximum Gasteiger partial charge on any atom is 0.335 e. The molecule has 0 atom stereocenters. The maximum absolute atomic E-state index is 11.9. The van der Waals surface area contributed by atoms with E-state index >= 15 is 0 Å². The summed E-state index contributed by atoms with van der Waals surface area (Å²) in [4.78, 5) is 22.7. The SMILES string of the molecule is O=C(O)c1ccc(CCN2C(=O)CCN2C/C=C\[CH-]O)cc1.[U].[V]. The normalized spacial score (nSPS) is 14.4. The molecule has 6 nitrogen and oxygen atoms in total. The number of benzene rings is 1. The average molecular weight is 592 g/mol. The first-order valence-electron chi connectivity index (χ1n) is 7.12. The minimum Gasteiger partial charge on any atom is -0.478 e. The smallest absolute Gasteiger partial charge is 0.335 e. The van der Waals surface area contributed by atoms with Crippen molar-refractivity contribution < 1.29 is 69.5 Å². The number of aliphatic hydroxyl groups is 1. The van der Waals surface area contributed by atoms with E-state index in [9.17, 15) is 9.59 Å². The molecule has 2 rings (SSSR count). The molecule has 1 radical (unpaired) electrons. The van der Waals surface area contributed by atoms with Crippen molar-refractivity contribution in [3.63, 3.8) is 0 Å². The van der Waals surface area contributed by atoms with Crippen LogP contribution in [0.5, 0.6) is 0 Å². The van der Waals surface area contributed by atoms with Crippen LogP contribution >= 0.6 is 0 Å². The van der Waals surface area contributed by atoms with Gasteiger partial charge in [-0.3, -0.25) is 9.80 Å². The summed E-state index contributed by atoms with van der Waals surface area (Å²) < 4.78 is 0. The van der Waals surface area contributed by atoms with Gasteiger partial charge in [-0.1, -0.05) is 12.1 Å². The molecule has 1 amide bonds. The van der Waals surface area contributed by atoms with Gasteiger partial charge in [-0.2, -0.15) is 0 Å². The quantitative estimate of drug-likeness (QED) is 0.470. The Morgan fingerprint density at radius 2 is 1.96 bits per heavy atom. The molecular weight excluding hydrogens is 573 g/mol. The van der Waals surface area contributed by atoms with Crippen LogP contribution in [-0.4, -0.2) is 51.7 Å². The number of aromatic carboxylic acids is 1. The summed E-state index contributed by atoms with van der Waals surface area (Å²) in [6, 6.07) is 6.69. The molecule has 0 spiro atoms. The van der Waals surface area contributed by atoms with Gasteiger partial charge in [0.1, 0.15) is 0 Å². The van der Waals surface area contributed by atoms with Crippen LogP contribution in [0.2, 0.25) is 0 Å². The second kappa shape index (κ2) is 11.8. The van der Waals surface area contributed by atoms with Crippen molar-refractivity contribution in [1.82, 2.24) is 10.0 Å². The minimum atomic E-state index is -0.945. The summed E-state index contributed by atoms with van der Waals surface area (Å²) in [5.74, 6) is -0.858. The van der Waals surface area contributed by atoms with Crippen molar-refractivity contribution in [3.05, 3.63) is 54.2 Å². The van der Waals surface area contributed by atoms with Gasteiger partial charge in [0.05, 0.1) is 5.56 Å². The molecule has 2 N–H and O–H groups in total. The number of nitrogens with zero attached hydrogens (tertiary/aromatic N) is 2. The first kappa shape index (κ1) is 23.3. The third kappa shape index (κ3) is 6.68. The molecule has 127 valence electrons. The summed E-state index contributed by atoms with van der Waals surface area (Å²) in [5, 5.41) is 21.1. The van der Waals surface area contributed by atoms with Gasteiger partial charge < -0.3 is 10.2 Å². The Bertz CT molecular complexity index is 566. The molecule has 1 aliphatic heterocycles. The van der Waals surface area contributed by atoms with Gasteiger partial charge in [0.25, 0.3) is 0 Å². The number of hydrazine groups is 1. The first-order valence-corrected chi connectivity index (χ1v) is 7.12. The number of carbonyl (C=O) groups is 2. The van der Waals surface area contributed by atoms with Crippen LogP contribution in [0.15, 0.2) is 36.4 Å². The summed E-state index contributed by atoms with van der Waals surface area (Å²) in [7, 11) is 0. The molecule has 8 heteroatoms. The molecule has 24 heavy (non-hydrogen) atoms. The number of carboxylic acid groups (broad SMARTS) is 1. The topological polar surface area (TPSA) is 81.1 Å². The van der Waals surface area contributed by atoms with E-state index in [1.165, 1.54) is 6.08 Å². The molecule has 0 aromatic heterocycles. The fraction of sp³-hybridized carbons (Fsp3) is 0.312. The first-order chi connectivity index (χ1) is 10.6. The summed E-state index contributed by atoms with van der Waals surface area (Å²) in [5.41, 5.74) is 1.25. The molecular formula is C16H19N2O4UV-. The van der Waals surface area contributed by atoms with Crippen LogP contribution in [0.25, 0.3) is 0 Å². The average Bonchev–Trinajstić information content (AvgIpc) is 2.86. The second-order valence-electron chi connectivity index (χ2n) is 5.01. The Kier molecular flexibility index (Phi) is 11.5. The summed E-state index contributed by atoms with van der Waals surface area (Å²) in [6.45, 7) is 2.77. The van der Waals surface area contributed by atoms with E-state index < -0.39 is 5.97 Å². The van der Waals surface area contributed by atoms with Gasteiger partial charge in [-0.05, 0) is 30.7 Å². The maximum atomic E-state index is 11.9. The van der Waals surface area contributed by atoms with E-state index in [2.05, 4.69) is 0 Å². The van der Waals surface area contributed by atoms with Crippen molar-refractivity contribution in [1.29, 1.82) is 0 Å². The van der Waals surface area contributed by atoms with E-state index in [1.807, 2.05) is 5.01 Å². The number of carbonyl (C=O) groups excluding carboxylic acids is 1. The van der Waals surface area contributed by atoms with Crippen LogP contribution < -0.4 is 0 Å². The summed E-state index contributed by atoms with van der Waals surface area (Å²) >= 11 is 0. The van der Waals surface area contributed by atoms with Crippen LogP contribution in [0, 0.1) is 37.7 Å². The molecule has 1 heterocycles. The largest absolute Gasteiger partial charge is 0.478 e. The molecule has 0 aliphatic carbocycles. The van der Waals surface area contributed by atoms with Crippen LogP contribution in [-0.2, 0) is 29.8 Å². The van der Waals surface area contributed by atoms with Gasteiger partial charge in [-0.15, -0.1) is 6.61 Å². The Morgan fingerprint density at radius 3 is 2.54 bits per heavy atom. The Labute approximate surface area is 177 Å². The van der Waals surface area contributed by atoms with E-state index in [0.717, 1.165) is 12.2 Å². The third-order valence-corrected chi connectivity index (χ3v) is 3.56. The predicted octanol–water partition coefficient (Wildman–Crippen LogP) is 1.46. The molecule has 1 fully saturated rings. The van der Waals surface area contributed by atoms with E-state index in [-0.39, 0.29) is 61.1 Å². The molecule has 1 saturated heterocycles. The number of rotatable bonds is 7. The zero-order valence-electron chi connectivity index (χ0n) is 13.1. The fourth-order valence-electron chi connectivity index (χ4n) is 2.38. The standard InChI is InChI=1S/C16H19N2O4.U.V/c19-12-2-1-9-17-10-8-15(20)18(17)11-7-13-3-5-14(6-4-13)16(21)22;;/h1-6,12,19H,7-11H2,(H,21,22);;/q-1;;/b2-1-;;. The van der Waals surface area contributed by atoms with Crippen molar-refractivity contribution in [3.8, 4) is 0 Å². The van der Waals surface area contributed by atoms with Crippen LogP contribution in [0.1, 0.15) is 22.3 Å². The number of hydrogen-bond acceptors (Lipinski definition) is 4. The number of carboxylic acids is 1. The molecule has 0 saturated carbocycles. The van der Waals surface area contributed by atoms with E-state index in [0.29, 0.717) is 32.5 Å². The Hall–Kier alpha value is -0.674. The number of hydrogen-bond donors (Lipinski definition) is 2. The summed E-state index contributed by atoms with van der Waals surface area (Å²) in [6.07, 6.45) is 4.48. The Morgan fingerprint density at radius 1 is 1.29 bits per heavy atom. The van der Waals surface area contributed by atoms with E-state index in [1.54, 1.807) is 35.4 Å². The second-order valence-corrected chi connectivity index (χ2v) is 5.01. The molecule has 1 aromatic rings. The van der Waals surface area contributed by atoms with E-state index in [4.69, 9.17) is 10.2 Å². The molecule has 0 bridgehead atoms. The van der Waals surface area contributed by atoms with Crippen LogP contribution in [0.4, 0.5) is 0 Å². The van der Waals surface area contributed by atoms with Crippen molar-refractivity contribution in [2.75, 3.05) is 19.6 Å². The van der Waals surface area contributed by atoms with Gasteiger partial charge in [0.2, 0.25) is 5.91 Å². The van der Waals surface area contributed by atoms with Gasteiger partial charge in [0, 0.05) is 69.2 Å². The number of amides is 1. The Balaban J connectivity index is 0.00000264. The fourth-order valence-corrected chi connectivity index (χ4v) is 2.38. The minimum absolute atomic E-state index is 0. The zero-order valence-corrected chi connectivity index (χ0v) is 18.7. The molecule has 0 unspecified atom stereocenters. The molecule has 1 aromatic carbocycles. The van der Waals surface area contributed by atoms with Crippen molar-refractivity contribution in [2.45, 2.75) is 12.8 Å².